The molecule has 0 bridgehead atoms. The predicted octanol–water partition coefficient (Wildman–Crippen LogP) is 3.90. The lowest BCUT2D eigenvalue weighted by atomic mass is 9.81. The average Bonchev–Trinajstić information content (AvgIpc) is 3.69. The third-order valence-electron chi connectivity index (χ3n) is 8.43. The first-order valence-corrected chi connectivity index (χ1v) is 14.2. The van der Waals surface area contributed by atoms with Gasteiger partial charge in [0.15, 0.2) is 11.6 Å². The number of hydrogen-bond donors (Lipinski definition) is 3. The van der Waals surface area contributed by atoms with Crippen LogP contribution >= 0.6 is 0 Å². The molecule has 6 rings (SSSR count). The minimum atomic E-state index is -5.38. The number of fused-ring (bicyclic) bond motifs is 2. The summed E-state index contributed by atoms with van der Waals surface area (Å²) >= 11 is 0. The van der Waals surface area contributed by atoms with Crippen molar-refractivity contribution < 1.29 is 46.5 Å². The first kappa shape index (κ1) is 31.1. The minimum absolute atomic E-state index is 0.0278. The van der Waals surface area contributed by atoms with E-state index in [1.165, 1.54) is 45.4 Å². The summed E-state index contributed by atoms with van der Waals surface area (Å²) in [6.45, 7) is -0.302. The largest absolute Gasteiger partial charge is 0.494 e. The molecule has 0 spiro atoms. The first-order valence-electron chi connectivity index (χ1n) is 14.2. The topological polar surface area (TPSA) is 151 Å². The van der Waals surface area contributed by atoms with E-state index in [9.17, 15) is 32.3 Å². The van der Waals surface area contributed by atoms with Gasteiger partial charge < -0.3 is 30.4 Å². The van der Waals surface area contributed by atoms with Crippen LogP contribution in [0.5, 0.6) is 17.2 Å². The van der Waals surface area contributed by atoms with Crippen LogP contribution in [0.3, 0.4) is 0 Å². The van der Waals surface area contributed by atoms with Crippen LogP contribution in [-0.2, 0) is 15.8 Å². The van der Waals surface area contributed by atoms with E-state index in [1.54, 1.807) is 10.9 Å². The van der Waals surface area contributed by atoms with Gasteiger partial charge in [-0.25, -0.2) is 9.37 Å². The third-order valence-corrected chi connectivity index (χ3v) is 8.43. The van der Waals surface area contributed by atoms with E-state index in [1.807, 2.05) is 0 Å². The zero-order valence-corrected chi connectivity index (χ0v) is 24.9. The molecule has 15 heteroatoms. The minimum Gasteiger partial charge on any atom is -0.494 e. The quantitative estimate of drug-likeness (QED) is 0.233. The Morgan fingerprint density at radius 3 is 2.50 bits per heavy atom. The highest BCUT2D eigenvalue weighted by Gasteiger charge is 2.57. The monoisotopic (exact) mass is 643 g/mol. The summed E-state index contributed by atoms with van der Waals surface area (Å²) in [6, 6.07) is 7.38. The SMILES string of the molecule is COc1cc(-c2nc(C(O)(CNC(=O)c3cc(OC)c4nn(C5CC5)cc4c3)C(F)(F)F)cc3c2OC[C@]3(C)C(N)=O)ccc1F. The van der Waals surface area contributed by atoms with Gasteiger partial charge >= 0.3 is 6.18 Å². The zero-order valence-electron chi connectivity index (χ0n) is 24.9. The Balaban J connectivity index is 1.41. The van der Waals surface area contributed by atoms with Gasteiger partial charge in [0.05, 0.1) is 32.5 Å². The van der Waals surface area contributed by atoms with E-state index < -0.39 is 47.1 Å². The molecule has 0 saturated heterocycles. The molecule has 0 radical (unpaired) electrons. The fraction of sp³-hybridized carbons (Fsp3) is 0.355. The number of amides is 2. The molecule has 1 saturated carbocycles. The molecular formula is C31H29F4N5O6. The van der Waals surface area contributed by atoms with Gasteiger partial charge in [-0.1, -0.05) is 0 Å². The predicted molar refractivity (Wildman–Crippen MR) is 155 cm³/mol. The number of carbonyl (C=O) groups excluding carboxylic acids is 2. The van der Waals surface area contributed by atoms with Crippen LogP contribution in [0.15, 0.2) is 42.6 Å². The van der Waals surface area contributed by atoms with Crippen molar-refractivity contribution in [1.82, 2.24) is 20.1 Å². The van der Waals surface area contributed by atoms with E-state index in [0.29, 0.717) is 10.9 Å². The highest BCUT2D eigenvalue weighted by molar-refractivity contribution is 6.00. The van der Waals surface area contributed by atoms with Crippen LogP contribution in [0.2, 0.25) is 0 Å². The van der Waals surface area contributed by atoms with Crippen molar-refractivity contribution in [3.63, 3.8) is 0 Å². The Labute approximate surface area is 259 Å². The number of nitrogens with two attached hydrogens (primary N) is 1. The summed E-state index contributed by atoms with van der Waals surface area (Å²) in [5.74, 6) is -2.63. The lowest BCUT2D eigenvalue weighted by Crippen LogP contribution is -2.51. The number of alkyl halides is 3. The number of primary amides is 1. The van der Waals surface area contributed by atoms with Crippen molar-refractivity contribution in [3.05, 3.63) is 65.2 Å². The molecule has 2 aromatic heterocycles. The van der Waals surface area contributed by atoms with Crippen molar-refractivity contribution in [2.45, 2.75) is 43.0 Å². The highest BCUT2D eigenvalue weighted by Crippen LogP contribution is 2.48. The molecule has 1 fully saturated rings. The van der Waals surface area contributed by atoms with Crippen LogP contribution in [0.4, 0.5) is 17.6 Å². The molecule has 2 amide bonds. The van der Waals surface area contributed by atoms with E-state index in [4.69, 9.17) is 19.9 Å². The number of methoxy groups -OCH3 is 2. The number of nitrogens with one attached hydrogen (secondary N) is 1. The summed E-state index contributed by atoms with van der Waals surface area (Å²) < 4.78 is 76.5. The Hall–Kier alpha value is -4.92. The molecule has 242 valence electrons. The number of hydrogen-bond acceptors (Lipinski definition) is 8. The van der Waals surface area contributed by atoms with E-state index in [-0.39, 0.29) is 52.3 Å². The molecule has 46 heavy (non-hydrogen) atoms. The third kappa shape index (κ3) is 5.04. The fourth-order valence-electron chi connectivity index (χ4n) is 5.38. The van der Waals surface area contributed by atoms with Crippen molar-refractivity contribution >= 4 is 22.7 Å². The number of aromatic nitrogens is 3. The second kappa shape index (κ2) is 10.9. The summed E-state index contributed by atoms with van der Waals surface area (Å²) in [5, 5.41) is 18.6. The Bertz CT molecular complexity index is 1890. The van der Waals surface area contributed by atoms with Gasteiger partial charge in [-0.3, -0.25) is 14.3 Å². The molecule has 1 aliphatic carbocycles. The van der Waals surface area contributed by atoms with Gasteiger partial charge in [0, 0.05) is 28.3 Å². The lowest BCUT2D eigenvalue weighted by Gasteiger charge is -2.31. The maximum atomic E-state index is 14.8. The number of aliphatic hydroxyl groups is 1. The molecule has 4 N–H and O–H groups in total. The highest BCUT2D eigenvalue weighted by atomic mass is 19.4. The smallest absolute Gasteiger partial charge is 0.424 e. The number of benzene rings is 2. The van der Waals surface area contributed by atoms with Crippen molar-refractivity contribution in [3.8, 4) is 28.5 Å². The van der Waals surface area contributed by atoms with Gasteiger partial charge in [-0.15, -0.1) is 0 Å². The second-order valence-electron chi connectivity index (χ2n) is 11.6. The number of halogens is 4. The van der Waals surface area contributed by atoms with Crippen LogP contribution in [0.25, 0.3) is 22.2 Å². The van der Waals surface area contributed by atoms with E-state index >= 15 is 0 Å². The molecule has 11 nitrogen and oxygen atoms in total. The Morgan fingerprint density at radius 2 is 1.87 bits per heavy atom. The summed E-state index contributed by atoms with van der Waals surface area (Å²) in [7, 11) is 2.58. The Morgan fingerprint density at radius 1 is 1.15 bits per heavy atom. The first-order chi connectivity index (χ1) is 21.7. The van der Waals surface area contributed by atoms with E-state index in [0.717, 1.165) is 25.0 Å². The second-order valence-corrected chi connectivity index (χ2v) is 11.6. The molecule has 1 unspecified atom stereocenters. The van der Waals surface area contributed by atoms with Gasteiger partial charge in [0.1, 0.15) is 34.7 Å². The molecule has 1 aliphatic heterocycles. The summed E-state index contributed by atoms with van der Waals surface area (Å²) in [5.41, 5.74) is -0.444. The summed E-state index contributed by atoms with van der Waals surface area (Å²) in [6.07, 6.45) is -1.74. The van der Waals surface area contributed by atoms with Crippen molar-refractivity contribution in [1.29, 1.82) is 0 Å². The molecule has 3 heterocycles. The lowest BCUT2D eigenvalue weighted by molar-refractivity contribution is -0.265. The molecule has 2 aliphatic rings. The van der Waals surface area contributed by atoms with Crippen molar-refractivity contribution in [2.75, 3.05) is 27.4 Å². The van der Waals surface area contributed by atoms with Gasteiger partial charge in [0.25, 0.3) is 5.91 Å². The van der Waals surface area contributed by atoms with E-state index in [2.05, 4.69) is 15.4 Å². The van der Waals surface area contributed by atoms with Gasteiger partial charge in [-0.2, -0.15) is 18.3 Å². The van der Waals surface area contributed by atoms with Crippen LogP contribution in [0.1, 0.15) is 47.4 Å². The average molecular weight is 644 g/mol. The maximum absolute atomic E-state index is 14.8. The fourth-order valence-corrected chi connectivity index (χ4v) is 5.38. The molecular weight excluding hydrogens is 614 g/mol. The molecule has 2 aromatic carbocycles. The number of carbonyl (C=O) groups is 2. The number of nitrogens with zero attached hydrogens (tertiary/aromatic N) is 3. The standard InChI is InChI=1S/C31H29F4N5O6/c1-29(28(36)42)14-46-26-19(29)11-23(38-25(26)15-4-7-20(32)21(9-15)44-2)30(43,31(33,34)35)13-37-27(41)16-8-17-12-40(18-5-6-18)39-24(17)22(10-16)45-3/h4,7-12,18,43H,5-6,13-14H2,1-3H3,(H2,36,42)(H,37,41)/t29-,30?/m0/s1. The normalized spacial score (nSPS) is 18.9. The Kier molecular flexibility index (Phi) is 7.34. The zero-order chi connectivity index (χ0) is 33.2. The van der Waals surface area contributed by atoms with Crippen LogP contribution in [-0.4, -0.2) is 65.2 Å². The number of ether oxygens (including phenoxy) is 3. The van der Waals surface area contributed by atoms with Crippen molar-refractivity contribution in [2.24, 2.45) is 5.73 Å². The molecule has 2 atom stereocenters. The summed E-state index contributed by atoms with van der Waals surface area (Å²) in [4.78, 5) is 29.9. The van der Waals surface area contributed by atoms with Crippen LogP contribution < -0.4 is 25.3 Å². The number of pyridine rings is 1. The van der Waals surface area contributed by atoms with Gasteiger partial charge in [0.2, 0.25) is 11.5 Å². The number of rotatable bonds is 9. The maximum Gasteiger partial charge on any atom is 0.424 e. The molecule has 4 aromatic rings. The van der Waals surface area contributed by atoms with Crippen LogP contribution in [0, 0.1) is 5.82 Å². The van der Waals surface area contributed by atoms with Gasteiger partial charge in [-0.05, 0) is 56.2 Å².